The maximum atomic E-state index is 12.7. The Kier molecular flexibility index (Phi) is 4.30. The van der Waals surface area contributed by atoms with Crippen molar-refractivity contribution in [1.82, 2.24) is 19.4 Å². The minimum absolute atomic E-state index is 0.0322. The molecule has 0 aromatic carbocycles. The first-order valence-corrected chi connectivity index (χ1v) is 8.87. The fourth-order valence-electron chi connectivity index (χ4n) is 2.92. The Hall–Kier alpha value is -0.960. The zero-order valence-corrected chi connectivity index (χ0v) is 13.1. The Balaban J connectivity index is 1.80. The van der Waals surface area contributed by atoms with Gasteiger partial charge in [-0.2, -0.15) is 9.40 Å². The smallest absolute Gasteiger partial charge is 0.246 e. The summed E-state index contributed by atoms with van der Waals surface area (Å²) < 4.78 is 34.1. The molecule has 118 valence electrons. The highest BCUT2D eigenvalue weighted by molar-refractivity contribution is 7.89. The molecule has 2 aliphatic rings. The van der Waals surface area contributed by atoms with E-state index in [1.165, 1.54) is 6.20 Å². The Bertz CT molecular complexity index is 580. The number of hydrogen-bond donors (Lipinski definition) is 1. The molecule has 0 saturated carbocycles. The van der Waals surface area contributed by atoms with Gasteiger partial charge in [-0.15, -0.1) is 0 Å². The first-order valence-electron chi connectivity index (χ1n) is 7.43. The molecule has 2 saturated heterocycles. The largest absolute Gasteiger partial charge is 0.381 e. The molecule has 3 rings (SSSR count). The van der Waals surface area contributed by atoms with E-state index in [2.05, 4.69) is 10.4 Å². The van der Waals surface area contributed by atoms with Gasteiger partial charge >= 0.3 is 0 Å². The molecule has 0 amide bonds. The van der Waals surface area contributed by atoms with E-state index in [4.69, 9.17) is 4.74 Å². The van der Waals surface area contributed by atoms with E-state index in [0.717, 1.165) is 12.8 Å². The standard InChI is InChI=1S/C13H22N4O3S/c1-11-8-14-4-5-17(11)21(18,19)13-9-15-16(10-13)12-2-6-20-7-3-12/h9-12,14H,2-8H2,1H3. The van der Waals surface area contributed by atoms with Gasteiger partial charge in [0.1, 0.15) is 4.90 Å². The Labute approximate surface area is 125 Å². The average Bonchev–Trinajstić information content (AvgIpc) is 2.99. The normalized spacial score (nSPS) is 26.0. The quantitative estimate of drug-likeness (QED) is 0.863. The molecular formula is C13H22N4O3S. The summed E-state index contributed by atoms with van der Waals surface area (Å²) in [4.78, 5) is 0.294. The third-order valence-corrected chi connectivity index (χ3v) is 6.16. The Morgan fingerprint density at radius 2 is 2.14 bits per heavy atom. The highest BCUT2D eigenvalue weighted by Crippen LogP contribution is 2.24. The summed E-state index contributed by atoms with van der Waals surface area (Å²) in [5, 5.41) is 7.47. The molecule has 2 aliphatic heterocycles. The fourth-order valence-corrected chi connectivity index (χ4v) is 4.49. The van der Waals surface area contributed by atoms with Crippen molar-refractivity contribution in [3.63, 3.8) is 0 Å². The second-order valence-electron chi connectivity index (χ2n) is 5.67. The molecule has 3 heterocycles. The van der Waals surface area contributed by atoms with Crippen molar-refractivity contribution < 1.29 is 13.2 Å². The van der Waals surface area contributed by atoms with Crippen LogP contribution in [0.1, 0.15) is 25.8 Å². The van der Waals surface area contributed by atoms with E-state index in [1.54, 1.807) is 15.2 Å². The summed E-state index contributed by atoms with van der Waals surface area (Å²) in [5.41, 5.74) is 0. The van der Waals surface area contributed by atoms with Crippen molar-refractivity contribution in [2.24, 2.45) is 0 Å². The summed E-state index contributed by atoms with van der Waals surface area (Å²) in [6.07, 6.45) is 4.90. The van der Waals surface area contributed by atoms with Crippen LogP contribution in [0.15, 0.2) is 17.3 Å². The molecule has 1 atom stereocenters. The van der Waals surface area contributed by atoms with Crippen LogP contribution in [0.3, 0.4) is 0 Å². The van der Waals surface area contributed by atoms with Gasteiger partial charge in [-0.1, -0.05) is 0 Å². The summed E-state index contributed by atoms with van der Waals surface area (Å²) in [5.74, 6) is 0. The molecule has 0 bridgehead atoms. The molecule has 0 aliphatic carbocycles. The Morgan fingerprint density at radius 1 is 1.38 bits per heavy atom. The molecule has 1 unspecified atom stereocenters. The number of ether oxygens (including phenoxy) is 1. The summed E-state index contributed by atoms with van der Waals surface area (Å²) in [6.45, 7) is 5.23. The van der Waals surface area contributed by atoms with Gasteiger partial charge in [0.2, 0.25) is 10.0 Å². The number of nitrogens with one attached hydrogen (secondary N) is 1. The van der Waals surface area contributed by atoms with Gasteiger partial charge < -0.3 is 10.1 Å². The van der Waals surface area contributed by atoms with Crippen LogP contribution in [-0.2, 0) is 14.8 Å². The molecule has 0 spiro atoms. The minimum atomic E-state index is -3.45. The molecule has 2 fully saturated rings. The number of hydrogen-bond acceptors (Lipinski definition) is 5. The van der Waals surface area contributed by atoms with Crippen molar-refractivity contribution in [1.29, 1.82) is 0 Å². The van der Waals surface area contributed by atoms with Gasteiger partial charge in [0, 0.05) is 45.1 Å². The lowest BCUT2D eigenvalue weighted by Gasteiger charge is -2.32. The van der Waals surface area contributed by atoms with Crippen molar-refractivity contribution in [3.05, 3.63) is 12.4 Å². The van der Waals surface area contributed by atoms with Gasteiger partial charge in [-0.25, -0.2) is 8.42 Å². The third kappa shape index (κ3) is 2.98. The van der Waals surface area contributed by atoms with Crippen LogP contribution in [0.25, 0.3) is 0 Å². The lowest BCUT2D eigenvalue weighted by atomic mass is 10.1. The predicted octanol–water partition coefficient (Wildman–Crippen LogP) is 0.217. The number of aromatic nitrogens is 2. The summed E-state index contributed by atoms with van der Waals surface area (Å²) >= 11 is 0. The van der Waals surface area contributed by atoms with Crippen LogP contribution in [0.4, 0.5) is 0 Å². The summed E-state index contributed by atoms with van der Waals surface area (Å²) in [6, 6.07) is 0.207. The molecule has 1 aromatic rings. The van der Waals surface area contributed by atoms with Crippen LogP contribution in [-0.4, -0.2) is 61.4 Å². The highest BCUT2D eigenvalue weighted by atomic mass is 32.2. The maximum Gasteiger partial charge on any atom is 0.246 e. The van der Waals surface area contributed by atoms with Crippen molar-refractivity contribution in [2.45, 2.75) is 36.7 Å². The van der Waals surface area contributed by atoms with Crippen molar-refractivity contribution in [2.75, 3.05) is 32.8 Å². The first kappa shape index (κ1) is 15.0. The topological polar surface area (TPSA) is 76.5 Å². The van der Waals surface area contributed by atoms with Crippen LogP contribution >= 0.6 is 0 Å². The van der Waals surface area contributed by atoms with Crippen LogP contribution in [0, 0.1) is 0 Å². The van der Waals surface area contributed by atoms with Crippen LogP contribution in [0.2, 0.25) is 0 Å². The zero-order valence-electron chi connectivity index (χ0n) is 12.2. The van der Waals surface area contributed by atoms with E-state index >= 15 is 0 Å². The van der Waals surface area contributed by atoms with Gasteiger partial charge in [-0.3, -0.25) is 4.68 Å². The van der Waals surface area contributed by atoms with E-state index in [-0.39, 0.29) is 12.1 Å². The molecular weight excluding hydrogens is 292 g/mol. The van der Waals surface area contributed by atoms with E-state index in [0.29, 0.717) is 37.7 Å². The minimum Gasteiger partial charge on any atom is -0.381 e. The number of rotatable bonds is 3. The second-order valence-corrected chi connectivity index (χ2v) is 7.56. The molecule has 1 N–H and O–H groups in total. The first-order chi connectivity index (χ1) is 10.1. The maximum absolute atomic E-state index is 12.7. The average molecular weight is 314 g/mol. The second kappa shape index (κ2) is 6.04. The molecule has 0 radical (unpaired) electrons. The number of nitrogens with zero attached hydrogens (tertiary/aromatic N) is 3. The lowest BCUT2D eigenvalue weighted by Crippen LogP contribution is -2.52. The monoisotopic (exact) mass is 314 g/mol. The van der Waals surface area contributed by atoms with Gasteiger partial charge in [0.15, 0.2) is 0 Å². The van der Waals surface area contributed by atoms with Crippen LogP contribution in [0.5, 0.6) is 0 Å². The number of sulfonamides is 1. The molecule has 8 heteroatoms. The van der Waals surface area contributed by atoms with E-state index < -0.39 is 10.0 Å². The number of piperazine rings is 1. The van der Waals surface area contributed by atoms with Gasteiger partial charge in [0.05, 0.1) is 12.2 Å². The van der Waals surface area contributed by atoms with Crippen LogP contribution < -0.4 is 5.32 Å². The molecule has 1 aromatic heterocycles. The van der Waals surface area contributed by atoms with E-state index in [1.807, 2.05) is 6.92 Å². The van der Waals surface area contributed by atoms with Gasteiger partial charge in [-0.05, 0) is 19.8 Å². The highest BCUT2D eigenvalue weighted by Gasteiger charge is 2.32. The van der Waals surface area contributed by atoms with E-state index in [9.17, 15) is 8.42 Å². The Morgan fingerprint density at radius 3 is 2.86 bits per heavy atom. The van der Waals surface area contributed by atoms with Crippen molar-refractivity contribution in [3.8, 4) is 0 Å². The molecule has 21 heavy (non-hydrogen) atoms. The van der Waals surface area contributed by atoms with Crippen molar-refractivity contribution >= 4 is 10.0 Å². The zero-order chi connectivity index (χ0) is 14.9. The lowest BCUT2D eigenvalue weighted by molar-refractivity contribution is 0.0662. The SMILES string of the molecule is CC1CNCCN1S(=O)(=O)c1cnn(C2CCOCC2)c1. The van der Waals surface area contributed by atoms with Gasteiger partial charge in [0.25, 0.3) is 0 Å². The fraction of sp³-hybridized carbons (Fsp3) is 0.769. The summed E-state index contributed by atoms with van der Waals surface area (Å²) in [7, 11) is -3.45. The third-order valence-electron chi connectivity index (χ3n) is 4.19. The predicted molar refractivity (Wildman–Crippen MR) is 77.5 cm³/mol. The molecule has 7 nitrogen and oxygen atoms in total.